The first-order chi connectivity index (χ1) is 25.2. The van der Waals surface area contributed by atoms with E-state index >= 15 is 0 Å². The van der Waals surface area contributed by atoms with Crippen LogP contribution in [-0.4, -0.2) is 53.8 Å². The Morgan fingerprint density at radius 3 is 2.13 bits per heavy atom. The highest BCUT2D eigenvalue weighted by molar-refractivity contribution is 6.21. The maximum absolute atomic E-state index is 14.2. The van der Waals surface area contributed by atoms with Crippen LogP contribution in [0, 0.1) is 5.82 Å². The molecule has 0 radical (unpaired) electrons. The maximum Gasteiger partial charge on any atom is 0.254 e. The summed E-state index contributed by atoms with van der Waals surface area (Å²) in [5, 5.41) is 13.6. The van der Waals surface area contributed by atoms with Crippen molar-refractivity contribution in [2.24, 2.45) is 0 Å². The SMILES string of the molecule is COc1ccc(Cn2cc3c(C(=O)N(C)C)c4cc(Cc5ccc(F)cc5)cnc4c(OC(c4ccccc4)c4ccccc4)c3c2O)c(OC)c1. The van der Waals surface area contributed by atoms with E-state index in [9.17, 15) is 14.3 Å². The Morgan fingerprint density at radius 1 is 0.846 bits per heavy atom. The molecule has 2 aromatic heterocycles. The lowest BCUT2D eigenvalue weighted by atomic mass is 9.96. The fourth-order valence-electron chi connectivity index (χ4n) is 6.59. The van der Waals surface area contributed by atoms with Gasteiger partial charge in [0.25, 0.3) is 5.91 Å². The normalized spacial score (nSPS) is 11.3. The predicted octanol–water partition coefficient (Wildman–Crippen LogP) is 8.56. The lowest BCUT2D eigenvalue weighted by molar-refractivity contribution is 0.0831. The number of carbonyl (C=O) groups excluding carboxylic acids is 1. The van der Waals surface area contributed by atoms with Gasteiger partial charge in [-0.1, -0.05) is 72.8 Å². The third kappa shape index (κ3) is 6.60. The molecule has 0 unspecified atom stereocenters. The van der Waals surface area contributed by atoms with Crippen molar-refractivity contribution in [3.63, 3.8) is 0 Å². The van der Waals surface area contributed by atoms with Crippen molar-refractivity contribution in [2.45, 2.75) is 19.1 Å². The van der Waals surface area contributed by atoms with Crippen molar-refractivity contribution in [1.29, 1.82) is 0 Å². The van der Waals surface area contributed by atoms with Crippen LogP contribution in [0.1, 0.15) is 44.3 Å². The molecule has 7 aromatic rings. The third-order valence-electron chi connectivity index (χ3n) is 9.19. The van der Waals surface area contributed by atoms with E-state index in [0.29, 0.717) is 50.9 Å². The molecule has 0 aliphatic heterocycles. The van der Waals surface area contributed by atoms with Crippen molar-refractivity contribution in [2.75, 3.05) is 28.3 Å². The first-order valence-corrected chi connectivity index (χ1v) is 16.9. The number of hydrogen-bond donors (Lipinski definition) is 1. The van der Waals surface area contributed by atoms with Crippen LogP contribution in [-0.2, 0) is 13.0 Å². The highest BCUT2D eigenvalue weighted by atomic mass is 19.1. The summed E-state index contributed by atoms with van der Waals surface area (Å²) in [6.07, 6.45) is 3.41. The lowest BCUT2D eigenvalue weighted by Gasteiger charge is -2.23. The van der Waals surface area contributed by atoms with Crippen LogP contribution < -0.4 is 14.2 Å². The van der Waals surface area contributed by atoms with Gasteiger partial charge in [0.2, 0.25) is 5.88 Å². The second-order valence-corrected chi connectivity index (χ2v) is 12.8. The number of ether oxygens (including phenoxy) is 3. The zero-order chi connectivity index (χ0) is 36.4. The molecule has 262 valence electrons. The number of aromatic hydroxyl groups is 1. The Kier molecular flexibility index (Phi) is 9.50. The molecule has 0 atom stereocenters. The van der Waals surface area contributed by atoms with Crippen LogP contribution in [0.3, 0.4) is 0 Å². The number of aromatic nitrogens is 2. The molecule has 0 spiro atoms. The minimum Gasteiger partial charge on any atom is -0.497 e. The van der Waals surface area contributed by atoms with Crippen molar-refractivity contribution in [1.82, 2.24) is 14.5 Å². The Morgan fingerprint density at radius 2 is 1.52 bits per heavy atom. The third-order valence-corrected chi connectivity index (χ3v) is 9.19. The number of halogens is 1. The summed E-state index contributed by atoms with van der Waals surface area (Å²) in [6.45, 7) is 0.225. The standard InChI is InChI=1S/C43H38FN3O5/c1-46(2)42(48)37-34-22-28(21-27-15-18-32(44)19-16-27)24-45-39(34)41(52-40(29-11-7-5-8-12-29)30-13-9-6-10-14-30)38-35(37)26-47(43(38)49)25-31-17-20-33(50-3)23-36(31)51-4/h5-20,22-24,26,40,49H,21,25H2,1-4H3. The van der Waals surface area contributed by atoms with Gasteiger partial charge in [-0.05, 0) is 59.0 Å². The number of pyridine rings is 1. The average Bonchev–Trinajstić information content (AvgIpc) is 3.49. The van der Waals surface area contributed by atoms with Crippen LogP contribution in [0.2, 0.25) is 0 Å². The van der Waals surface area contributed by atoms with Crippen molar-refractivity contribution >= 4 is 27.6 Å². The molecule has 52 heavy (non-hydrogen) atoms. The predicted molar refractivity (Wildman–Crippen MR) is 200 cm³/mol. The topological polar surface area (TPSA) is 86.1 Å². The van der Waals surface area contributed by atoms with Crippen LogP contribution in [0.4, 0.5) is 4.39 Å². The molecule has 7 rings (SSSR count). The fourth-order valence-corrected chi connectivity index (χ4v) is 6.59. The Hall–Kier alpha value is -6.35. The number of rotatable bonds is 11. The minimum absolute atomic E-state index is 0.0883. The molecule has 0 aliphatic rings. The van der Waals surface area contributed by atoms with E-state index in [-0.39, 0.29) is 24.1 Å². The molecule has 0 aliphatic carbocycles. The molecule has 1 amide bonds. The molecular formula is C43H38FN3O5. The van der Waals surface area contributed by atoms with E-state index in [1.807, 2.05) is 78.9 Å². The van der Waals surface area contributed by atoms with Crippen molar-refractivity contribution < 1.29 is 28.5 Å². The monoisotopic (exact) mass is 695 g/mol. The number of benzene rings is 5. The number of nitrogens with zero attached hydrogens (tertiary/aromatic N) is 3. The zero-order valence-electron chi connectivity index (χ0n) is 29.3. The summed E-state index contributed by atoms with van der Waals surface area (Å²) in [5.74, 6) is 0.899. The van der Waals surface area contributed by atoms with Gasteiger partial charge in [0.1, 0.15) is 28.9 Å². The summed E-state index contributed by atoms with van der Waals surface area (Å²) in [7, 11) is 6.56. The van der Waals surface area contributed by atoms with Crippen LogP contribution in [0.15, 0.2) is 122 Å². The summed E-state index contributed by atoms with van der Waals surface area (Å²) < 4.78 is 33.6. The quantitative estimate of drug-likeness (QED) is 0.146. The first kappa shape index (κ1) is 34.1. The number of amides is 1. The van der Waals surface area contributed by atoms with Gasteiger partial charge in [-0.2, -0.15) is 0 Å². The molecule has 8 nitrogen and oxygen atoms in total. The maximum atomic E-state index is 14.2. The molecule has 9 heteroatoms. The van der Waals surface area contributed by atoms with Crippen LogP contribution in [0.25, 0.3) is 21.7 Å². The van der Waals surface area contributed by atoms with Gasteiger partial charge in [-0.25, -0.2) is 4.39 Å². The van der Waals surface area contributed by atoms with E-state index in [2.05, 4.69) is 0 Å². The highest BCUT2D eigenvalue weighted by Gasteiger charge is 2.29. The van der Waals surface area contributed by atoms with Gasteiger partial charge in [0, 0.05) is 48.9 Å². The van der Waals surface area contributed by atoms with Gasteiger partial charge in [-0.15, -0.1) is 0 Å². The molecular weight excluding hydrogens is 657 g/mol. The van der Waals surface area contributed by atoms with Crippen molar-refractivity contribution in [3.05, 3.63) is 161 Å². The van der Waals surface area contributed by atoms with Crippen molar-refractivity contribution in [3.8, 4) is 23.1 Å². The molecule has 5 aromatic carbocycles. The van der Waals surface area contributed by atoms with Gasteiger partial charge < -0.3 is 28.8 Å². The van der Waals surface area contributed by atoms with Gasteiger partial charge in [0.05, 0.1) is 31.7 Å². The zero-order valence-corrected chi connectivity index (χ0v) is 29.3. The summed E-state index contributed by atoms with van der Waals surface area (Å²) in [6, 6.07) is 33.5. The Balaban J connectivity index is 1.50. The molecule has 0 saturated heterocycles. The summed E-state index contributed by atoms with van der Waals surface area (Å²) in [4.78, 5) is 20.7. The molecule has 0 saturated carbocycles. The molecule has 2 heterocycles. The number of methoxy groups -OCH3 is 2. The van der Waals surface area contributed by atoms with E-state index in [0.717, 1.165) is 27.8 Å². The van der Waals surface area contributed by atoms with E-state index in [1.165, 1.54) is 17.0 Å². The molecule has 1 N–H and O–H groups in total. The number of fused-ring (bicyclic) bond motifs is 2. The Labute approximate surface area is 301 Å². The lowest BCUT2D eigenvalue weighted by Crippen LogP contribution is -2.22. The van der Waals surface area contributed by atoms with E-state index in [4.69, 9.17) is 19.2 Å². The minimum atomic E-state index is -0.575. The Bertz CT molecular complexity index is 2340. The molecule has 0 bridgehead atoms. The number of hydrogen-bond acceptors (Lipinski definition) is 6. The van der Waals surface area contributed by atoms with Crippen LogP contribution in [0.5, 0.6) is 23.1 Å². The van der Waals surface area contributed by atoms with Gasteiger partial charge >= 0.3 is 0 Å². The van der Waals surface area contributed by atoms with Gasteiger partial charge in [0.15, 0.2) is 5.75 Å². The van der Waals surface area contributed by atoms with Gasteiger partial charge in [-0.3, -0.25) is 9.78 Å². The molecule has 0 fully saturated rings. The van der Waals surface area contributed by atoms with E-state index in [1.54, 1.807) is 63.5 Å². The second kappa shape index (κ2) is 14.5. The first-order valence-electron chi connectivity index (χ1n) is 16.9. The number of carbonyl (C=O) groups is 1. The average molecular weight is 696 g/mol. The summed E-state index contributed by atoms with van der Waals surface area (Å²) in [5.41, 5.74) is 5.11. The highest BCUT2D eigenvalue weighted by Crippen LogP contribution is 2.46. The largest absolute Gasteiger partial charge is 0.497 e. The fraction of sp³-hybridized carbons (Fsp3) is 0.163. The smallest absolute Gasteiger partial charge is 0.254 e. The van der Waals surface area contributed by atoms with Crippen LogP contribution >= 0.6 is 0 Å². The second-order valence-electron chi connectivity index (χ2n) is 12.8. The van der Waals surface area contributed by atoms with E-state index < -0.39 is 6.10 Å². The summed E-state index contributed by atoms with van der Waals surface area (Å²) >= 11 is 0.